The van der Waals surface area contributed by atoms with Gasteiger partial charge in [-0.1, -0.05) is 0 Å². The Kier molecular flexibility index (Phi) is 3.29. The fourth-order valence-corrected chi connectivity index (χ4v) is 1.65. The first-order chi connectivity index (χ1) is 7.34. The van der Waals surface area contributed by atoms with Crippen LogP contribution in [0.4, 0.5) is 0 Å². The third kappa shape index (κ3) is 3.02. The summed E-state index contributed by atoms with van der Waals surface area (Å²) in [7, 11) is 0. The Balaban J connectivity index is 1.80. The highest BCUT2D eigenvalue weighted by atomic mass is 16.5. The molecule has 2 rings (SSSR count). The van der Waals surface area contributed by atoms with Gasteiger partial charge in [-0.3, -0.25) is 9.78 Å². The number of morpholine rings is 1. The van der Waals surface area contributed by atoms with Crippen LogP contribution in [0.2, 0.25) is 0 Å². The molecule has 1 amide bonds. The van der Waals surface area contributed by atoms with E-state index < -0.39 is 0 Å². The highest BCUT2D eigenvalue weighted by molar-refractivity contribution is 5.78. The van der Waals surface area contributed by atoms with E-state index in [-0.39, 0.29) is 18.6 Å². The van der Waals surface area contributed by atoms with E-state index in [0.29, 0.717) is 6.61 Å². The van der Waals surface area contributed by atoms with Gasteiger partial charge in [-0.2, -0.15) is 0 Å². The van der Waals surface area contributed by atoms with Crippen LogP contribution in [0.5, 0.6) is 0 Å². The van der Waals surface area contributed by atoms with Crippen LogP contribution in [0.15, 0.2) is 24.5 Å². The van der Waals surface area contributed by atoms with E-state index in [4.69, 9.17) is 4.74 Å². The summed E-state index contributed by atoms with van der Waals surface area (Å²) in [6.07, 6.45) is 5.42. The number of aryl methyl sites for hydroxylation is 1. The minimum absolute atomic E-state index is 0.0130. The van der Waals surface area contributed by atoms with Crippen LogP contribution in [0, 0.1) is 0 Å². The standard InChI is InChI=1S/C11H14N2O2/c14-11-8-15-7-10(13-11)2-1-9-3-5-12-6-4-9/h3-6,10H,1-2,7-8H2,(H,13,14). The van der Waals surface area contributed by atoms with Crippen LogP contribution < -0.4 is 5.32 Å². The molecule has 1 fully saturated rings. The van der Waals surface area contributed by atoms with E-state index in [1.807, 2.05) is 12.1 Å². The molecule has 0 bridgehead atoms. The molecule has 1 saturated heterocycles. The number of hydrogen-bond acceptors (Lipinski definition) is 3. The summed E-state index contributed by atoms with van der Waals surface area (Å²) in [5.41, 5.74) is 1.24. The Morgan fingerprint density at radius 2 is 2.27 bits per heavy atom. The van der Waals surface area contributed by atoms with Gasteiger partial charge in [0, 0.05) is 12.4 Å². The van der Waals surface area contributed by atoms with E-state index in [9.17, 15) is 4.79 Å². The van der Waals surface area contributed by atoms with Crippen molar-refractivity contribution in [2.24, 2.45) is 0 Å². The molecule has 1 aromatic rings. The zero-order valence-electron chi connectivity index (χ0n) is 8.48. The molecule has 1 unspecified atom stereocenters. The van der Waals surface area contributed by atoms with E-state index in [1.165, 1.54) is 5.56 Å². The average molecular weight is 206 g/mol. The second-order valence-corrected chi connectivity index (χ2v) is 3.67. The van der Waals surface area contributed by atoms with Crippen molar-refractivity contribution < 1.29 is 9.53 Å². The fourth-order valence-electron chi connectivity index (χ4n) is 1.65. The summed E-state index contributed by atoms with van der Waals surface area (Å²) in [6, 6.07) is 4.14. The molecule has 1 aliphatic rings. The van der Waals surface area contributed by atoms with Crippen molar-refractivity contribution in [1.82, 2.24) is 10.3 Å². The Bertz CT molecular complexity index is 327. The normalized spacial score (nSPS) is 21.1. The van der Waals surface area contributed by atoms with Crippen molar-refractivity contribution in [3.63, 3.8) is 0 Å². The van der Waals surface area contributed by atoms with Gasteiger partial charge in [-0.25, -0.2) is 0 Å². The maximum Gasteiger partial charge on any atom is 0.246 e. The van der Waals surface area contributed by atoms with Crippen molar-refractivity contribution in [3.05, 3.63) is 30.1 Å². The molecule has 0 saturated carbocycles. The van der Waals surface area contributed by atoms with Gasteiger partial charge in [-0.15, -0.1) is 0 Å². The van der Waals surface area contributed by atoms with Crippen LogP contribution >= 0.6 is 0 Å². The van der Waals surface area contributed by atoms with Crippen LogP contribution in [0.1, 0.15) is 12.0 Å². The minimum atomic E-state index is -0.0130. The number of nitrogens with zero attached hydrogens (tertiary/aromatic N) is 1. The first kappa shape index (κ1) is 10.1. The molecule has 4 heteroatoms. The molecular weight excluding hydrogens is 192 g/mol. The molecule has 0 spiro atoms. The molecule has 1 N–H and O–H groups in total. The van der Waals surface area contributed by atoms with Gasteiger partial charge in [0.15, 0.2) is 0 Å². The smallest absolute Gasteiger partial charge is 0.246 e. The summed E-state index contributed by atoms with van der Waals surface area (Å²) in [6.45, 7) is 0.822. The molecule has 0 aromatic carbocycles. The van der Waals surface area contributed by atoms with Crippen LogP contribution in [-0.4, -0.2) is 30.1 Å². The van der Waals surface area contributed by atoms with Gasteiger partial charge in [0.1, 0.15) is 6.61 Å². The number of aromatic nitrogens is 1. The molecular formula is C11H14N2O2. The number of pyridine rings is 1. The van der Waals surface area contributed by atoms with Crippen LogP contribution in [-0.2, 0) is 16.0 Å². The zero-order chi connectivity index (χ0) is 10.5. The van der Waals surface area contributed by atoms with E-state index >= 15 is 0 Å². The summed E-state index contributed by atoms with van der Waals surface area (Å²) in [5.74, 6) is -0.0130. The van der Waals surface area contributed by atoms with Gasteiger partial charge < -0.3 is 10.1 Å². The van der Waals surface area contributed by atoms with Crippen molar-refractivity contribution in [3.8, 4) is 0 Å². The predicted octanol–water partition coefficient (Wildman–Crippen LogP) is 0.529. The van der Waals surface area contributed by atoms with Gasteiger partial charge in [0.05, 0.1) is 12.6 Å². The zero-order valence-corrected chi connectivity index (χ0v) is 8.48. The Morgan fingerprint density at radius 3 is 3.00 bits per heavy atom. The van der Waals surface area contributed by atoms with Gasteiger partial charge >= 0.3 is 0 Å². The molecule has 1 atom stereocenters. The Morgan fingerprint density at radius 1 is 1.47 bits per heavy atom. The lowest BCUT2D eigenvalue weighted by Gasteiger charge is -2.23. The van der Waals surface area contributed by atoms with Crippen molar-refractivity contribution >= 4 is 5.91 Å². The van der Waals surface area contributed by atoms with Crippen molar-refractivity contribution in [2.45, 2.75) is 18.9 Å². The number of carbonyl (C=O) groups excluding carboxylic acids is 1. The number of ether oxygens (including phenoxy) is 1. The second-order valence-electron chi connectivity index (χ2n) is 3.67. The molecule has 1 aromatic heterocycles. The summed E-state index contributed by atoms with van der Waals surface area (Å²) in [5, 5.41) is 2.91. The first-order valence-corrected chi connectivity index (χ1v) is 5.10. The number of amides is 1. The summed E-state index contributed by atoms with van der Waals surface area (Å²) in [4.78, 5) is 15.0. The van der Waals surface area contributed by atoms with Gasteiger partial charge in [-0.05, 0) is 30.5 Å². The topological polar surface area (TPSA) is 51.2 Å². The molecule has 1 aliphatic heterocycles. The van der Waals surface area contributed by atoms with Crippen molar-refractivity contribution in [1.29, 1.82) is 0 Å². The van der Waals surface area contributed by atoms with Crippen LogP contribution in [0.25, 0.3) is 0 Å². The molecule has 0 aliphatic carbocycles. The summed E-state index contributed by atoms with van der Waals surface area (Å²) >= 11 is 0. The number of rotatable bonds is 3. The molecule has 15 heavy (non-hydrogen) atoms. The van der Waals surface area contributed by atoms with Crippen LogP contribution in [0.3, 0.4) is 0 Å². The van der Waals surface area contributed by atoms with Gasteiger partial charge in [0.25, 0.3) is 0 Å². The maximum absolute atomic E-state index is 11.0. The highest BCUT2D eigenvalue weighted by Crippen LogP contribution is 2.06. The van der Waals surface area contributed by atoms with Crippen molar-refractivity contribution in [2.75, 3.05) is 13.2 Å². The Labute approximate surface area is 88.7 Å². The number of nitrogens with one attached hydrogen (secondary N) is 1. The largest absolute Gasteiger partial charge is 0.370 e. The van der Waals surface area contributed by atoms with Gasteiger partial charge in [0.2, 0.25) is 5.91 Å². The first-order valence-electron chi connectivity index (χ1n) is 5.10. The SMILES string of the molecule is O=C1COCC(CCc2ccncc2)N1. The second kappa shape index (κ2) is 4.89. The predicted molar refractivity (Wildman–Crippen MR) is 55.3 cm³/mol. The Hall–Kier alpha value is -1.42. The third-order valence-corrected chi connectivity index (χ3v) is 2.45. The van der Waals surface area contributed by atoms with E-state index in [1.54, 1.807) is 12.4 Å². The molecule has 2 heterocycles. The average Bonchev–Trinajstić information content (AvgIpc) is 2.28. The molecule has 0 radical (unpaired) electrons. The van der Waals surface area contributed by atoms with E-state index in [2.05, 4.69) is 10.3 Å². The maximum atomic E-state index is 11.0. The summed E-state index contributed by atoms with van der Waals surface area (Å²) < 4.78 is 5.16. The fraction of sp³-hybridized carbons (Fsp3) is 0.455. The lowest BCUT2D eigenvalue weighted by Crippen LogP contribution is -2.45. The number of hydrogen-bond donors (Lipinski definition) is 1. The lowest BCUT2D eigenvalue weighted by molar-refractivity contribution is -0.131. The quantitative estimate of drug-likeness (QED) is 0.784. The minimum Gasteiger partial charge on any atom is -0.370 e. The lowest BCUT2D eigenvalue weighted by atomic mass is 10.1. The third-order valence-electron chi connectivity index (χ3n) is 2.45. The van der Waals surface area contributed by atoms with E-state index in [0.717, 1.165) is 12.8 Å². The molecule has 80 valence electrons. The molecule has 4 nitrogen and oxygen atoms in total. The highest BCUT2D eigenvalue weighted by Gasteiger charge is 2.17. The monoisotopic (exact) mass is 206 g/mol. The number of carbonyl (C=O) groups is 1.